The van der Waals surface area contributed by atoms with Gasteiger partial charge in [-0.1, -0.05) is 19.3 Å². The predicted molar refractivity (Wildman–Crippen MR) is 66.5 cm³/mol. The summed E-state index contributed by atoms with van der Waals surface area (Å²) in [7, 11) is 1.56. The van der Waals surface area contributed by atoms with Crippen molar-refractivity contribution >= 4 is 12.0 Å². The number of carbonyl (C=O) groups is 2. The van der Waals surface area contributed by atoms with E-state index in [1.807, 2.05) is 6.92 Å². The van der Waals surface area contributed by atoms with Crippen LogP contribution in [0.3, 0.4) is 0 Å². The van der Waals surface area contributed by atoms with Crippen LogP contribution in [-0.2, 0) is 9.53 Å². The maximum absolute atomic E-state index is 11.7. The smallest absolute Gasteiger partial charge is 0.329 e. The molecule has 1 fully saturated rings. The van der Waals surface area contributed by atoms with Crippen molar-refractivity contribution in [3.05, 3.63) is 0 Å². The lowest BCUT2D eigenvalue weighted by atomic mass is 9.82. The Labute approximate surface area is 107 Å². The van der Waals surface area contributed by atoms with Crippen LogP contribution >= 0.6 is 0 Å². The lowest BCUT2D eigenvalue weighted by Crippen LogP contribution is -2.58. The molecule has 0 saturated heterocycles. The minimum absolute atomic E-state index is 0.0946. The predicted octanol–water partition coefficient (Wildman–Crippen LogP) is 1.11. The molecule has 1 saturated carbocycles. The molecule has 1 rings (SSSR count). The van der Waals surface area contributed by atoms with Gasteiger partial charge >= 0.3 is 12.0 Å². The van der Waals surface area contributed by atoms with E-state index >= 15 is 0 Å². The Morgan fingerprint density at radius 3 is 2.44 bits per heavy atom. The van der Waals surface area contributed by atoms with E-state index in [0.717, 1.165) is 19.3 Å². The second-order valence-electron chi connectivity index (χ2n) is 4.83. The molecule has 1 atom stereocenters. The average Bonchev–Trinajstić information content (AvgIpc) is 2.36. The number of rotatable bonds is 5. The number of methoxy groups -OCH3 is 1. The number of carbonyl (C=O) groups excluding carboxylic acids is 1. The summed E-state index contributed by atoms with van der Waals surface area (Å²) in [5.74, 6) is -0.947. The zero-order chi connectivity index (χ0) is 13.6. The molecule has 1 unspecified atom stereocenters. The molecule has 2 amide bonds. The standard InChI is InChI=1S/C12H22N2O4/c1-9(18-2)8-13-11(17)14-12(10(15)16)6-4-3-5-7-12/h9H,3-8H2,1-2H3,(H,15,16)(H2,13,14,17). The molecule has 0 aromatic rings. The molecule has 0 aromatic heterocycles. The molecule has 104 valence electrons. The number of aliphatic carboxylic acids is 1. The Morgan fingerprint density at radius 1 is 1.33 bits per heavy atom. The maximum Gasteiger partial charge on any atom is 0.329 e. The average molecular weight is 258 g/mol. The number of carboxylic acids is 1. The van der Waals surface area contributed by atoms with Crippen LogP contribution < -0.4 is 10.6 Å². The molecule has 0 bridgehead atoms. The van der Waals surface area contributed by atoms with Gasteiger partial charge in [0.1, 0.15) is 5.54 Å². The highest BCUT2D eigenvalue weighted by molar-refractivity contribution is 5.86. The quantitative estimate of drug-likeness (QED) is 0.689. The molecular formula is C12H22N2O4. The van der Waals surface area contributed by atoms with Crippen LogP contribution in [0.4, 0.5) is 4.79 Å². The van der Waals surface area contributed by atoms with Gasteiger partial charge in [-0.25, -0.2) is 9.59 Å². The third kappa shape index (κ3) is 3.87. The highest BCUT2D eigenvalue weighted by atomic mass is 16.5. The van der Waals surface area contributed by atoms with Crippen LogP contribution in [0.15, 0.2) is 0 Å². The van der Waals surface area contributed by atoms with Gasteiger partial charge < -0.3 is 20.5 Å². The third-order valence-corrected chi connectivity index (χ3v) is 3.42. The molecule has 3 N–H and O–H groups in total. The van der Waals surface area contributed by atoms with Gasteiger partial charge in [-0.15, -0.1) is 0 Å². The SMILES string of the molecule is COC(C)CNC(=O)NC1(C(=O)O)CCCCC1. The molecule has 18 heavy (non-hydrogen) atoms. The van der Waals surface area contributed by atoms with Crippen LogP contribution in [0.5, 0.6) is 0 Å². The second-order valence-corrected chi connectivity index (χ2v) is 4.83. The minimum atomic E-state index is -1.10. The monoisotopic (exact) mass is 258 g/mol. The number of carboxylic acid groups (broad SMARTS) is 1. The van der Waals surface area contributed by atoms with Crippen molar-refractivity contribution < 1.29 is 19.4 Å². The van der Waals surface area contributed by atoms with Gasteiger partial charge in [-0.3, -0.25) is 0 Å². The summed E-state index contributed by atoms with van der Waals surface area (Å²) in [6.45, 7) is 2.19. The van der Waals surface area contributed by atoms with Crippen molar-refractivity contribution in [2.45, 2.75) is 50.7 Å². The van der Waals surface area contributed by atoms with Gasteiger partial charge in [-0.05, 0) is 19.8 Å². The molecule has 1 aliphatic rings. The molecule has 0 radical (unpaired) electrons. The molecule has 6 nitrogen and oxygen atoms in total. The van der Waals surface area contributed by atoms with Crippen molar-refractivity contribution in [1.29, 1.82) is 0 Å². The summed E-state index contributed by atoms with van der Waals surface area (Å²) in [6, 6.07) is -0.441. The van der Waals surface area contributed by atoms with E-state index in [2.05, 4.69) is 10.6 Å². The topological polar surface area (TPSA) is 87.7 Å². The number of urea groups is 1. The molecule has 1 aliphatic carbocycles. The van der Waals surface area contributed by atoms with Gasteiger partial charge in [0, 0.05) is 13.7 Å². The maximum atomic E-state index is 11.7. The first-order chi connectivity index (χ1) is 8.50. The molecular weight excluding hydrogens is 236 g/mol. The van der Waals surface area contributed by atoms with Gasteiger partial charge in [0.2, 0.25) is 0 Å². The highest BCUT2D eigenvalue weighted by Gasteiger charge is 2.40. The van der Waals surface area contributed by atoms with E-state index in [1.54, 1.807) is 7.11 Å². The first-order valence-corrected chi connectivity index (χ1v) is 6.32. The number of hydrogen-bond donors (Lipinski definition) is 3. The van der Waals surface area contributed by atoms with E-state index in [4.69, 9.17) is 4.74 Å². The first-order valence-electron chi connectivity index (χ1n) is 6.32. The van der Waals surface area contributed by atoms with Crippen LogP contribution in [0.25, 0.3) is 0 Å². The number of nitrogens with one attached hydrogen (secondary N) is 2. The third-order valence-electron chi connectivity index (χ3n) is 3.42. The van der Waals surface area contributed by atoms with E-state index in [9.17, 15) is 14.7 Å². The summed E-state index contributed by atoms with van der Waals surface area (Å²) in [4.78, 5) is 23.0. The van der Waals surface area contributed by atoms with Gasteiger partial charge in [0.05, 0.1) is 6.10 Å². The zero-order valence-electron chi connectivity index (χ0n) is 11.0. The normalized spacial score (nSPS) is 19.9. The Hall–Kier alpha value is -1.30. The second kappa shape index (κ2) is 6.58. The van der Waals surface area contributed by atoms with Crippen molar-refractivity contribution in [2.75, 3.05) is 13.7 Å². The fourth-order valence-electron chi connectivity index (χ4n) is 2.13. The molecule has 0 aliphatic heterocycles. The Kier molecular flexibility index (Phi) is 5.40. The fourth-order valence-corrected chi connectivity index (χ4v) is 2.13. The highest BCUT2D eigenvalue weighted by Crippen LogP contribution is 2.28. The molecule has 0 heterocycles. The fraction of sp³-hybridized carbons (Fsp3) is 0.833. The van der Waals surface area contributed by atoms with Crippen LogP contribution in [0.1, 0.15) is 39.0 Å². The summed E-state index contributed by atoms with van der Waals surface area (Å²) in [5.41, 5.74) is -1.10. The van der Waals surface area contributed by atoms with E-state index in [1.165, 1.54) is 0 Å². The Bertz CT molecular complexity index is 300. The summed E-state index contributed by atoms with van der Waals surface area (Å²) < 4.78 is 5.00. The lowest BCUT2D eigenvalue weighted by molar-refractivity contribution is -0.145. The van der Waals surface area contributed by atoms with E-state index in [-0.39, 0.29) is 6.10 Å². The lowest BCUT2D eigenvalue weighted by Gasteiger charge is -2.34. The molecule has 6 heteroatoms. The number of hydrogen-bond acceptors (Lipinski definition) is 3. The zero-order valence-corrected chi connectivity index (χ0v) is 11.0. The summed E-state index contributed by atoms with van der Waals surface area (Å²) in [6.07, 6.45) is 3.59. The van der Waals surface area contributed by atoms with E-state index < -0.39 is 17.5 Å². The molecule has 0 spiro atoms. The number of ether oxygens (including phenoxy) is 1. The van der Waals surface area contributed by atoms with Crippen molar-refractivity contribution in [3.63, 3.8) is 0 Å². The van der Waals surface area contributed by atoms with E-state index in [0.29, 0.717) is 19.4 Å². The van der Waals surface area contributed by atoms with Gasteiger partial charge in [0.15, 0.2) is 0 Å². The van der Waals surface area contributed by atoms with Crippen molar-refractivity contribution in [3.8, 4) is 0 Å². The van der Waals surface area contributed by atoms with Crippen LogP contribution in [0.2, 0.25) is 0 Å². The Balaban J connectivity index is 2.50. The Morgan fingerprint density at radius 2 is 1.94 bits per heavy atom. The largest absolute Gasteiger partial charge is 0.480 e. The number of amides is 2. The summed E-state index contributed by atoms with van der Waals surface area (Å²) >= 11 is 0. The minimum Gasteiger partial charge on any atom is -0.480 e. The van der Waals surface area contributed by atoms with Gasteiger partial charge in [0.25, 0.3) is 0 Å². The van der Waals surface area contributed by atoms with Crippen LogP contribution in [-0.4, -0.2) is 42.4 Å². The van der Waals surface area contributed by atoms with Crippen LogP contribution in [0, 0.1) is 0 Å². The summed E-state index contributed by atoms with van der Waals surface area (Å²) in [5, 5.41) is 14.5. The van der Waals surface area contributed by atoms with Crippen molar-refractivity contribution in [2.24, 2.45) is 0 Å². The molecule has 0 aromatic carbocycles. The van der Waals surface area contributed by atoms with Crippen molar-refractivity contribution in [1.82, 2.24) is 10.6 Å². The van der Waals surface area contributed by atoms with Gasteiger partial charge in [-0.2, -0.15) is 0 Å². The first kappa shape index (κ1) is 14.8.